The van der Waals surface area contributed by atoms with Gasteiger partial charge in [-0.25, -0.2) is 0 Å². The molecule has 0 aliphatic carbocycles. The van der Waals surface area contributed by atoms with Crippen molar-refractivity contribution in [2.24, 2.45) is 5.73 Å². The van der Waals surface area contributed by atoms with Crippen molar-refractivity contribution in [3.05, 3.63) is 53.1 Å². The third-order valence-corrected chi connectivity index (χ3v) is 4.22. The smallest absolute Gasteiger partial charge is 0.164 e. The van der Waals surface area contributed by atoms with Crippen LogP contribution < -0.4 is 19.9 Å². The van der Waals surface area contributed by atoms with Gasteiger partial charge in [0.15, 0.2) is 11.5 Å². The van der Waals surface area contributed by atoms with Crippen molar-refractivity contribution < 1.29 is 14.2 Å². The third kappa shape index (κ3) is 4.67. The molecule has 1 atom stereocenters. The highest BCUT2D eigenvalue weighted by Gasteiger charge is 2.19. The Labute approximate surface area is 150 Å². The van der Waals surface area contributed by atoms with Crippen LogP contribution in [0.5, 0.6) is 17.2 Å². The summed E-state index contributed by atoms with van der Waals surface area (Å²) in [5, 5.41) is 0. The highest BCUT2D eigenvalue weighted by Crippen LogP contribution is 2.36. The van der Waals surface area contributed by atoms with E-state index in [-0.39, 0.29) is 5.92 Å². The first-order valence-electron chi connectivity index (χ1n) is 8.86. The van der Waals surface area contributed by atoms with Crippen molar-refractivity contribution in [2.75, 3.05) is 26.9 Å². The van der Waals surface area contributed by atoms with Crippen LogP contribution in [0.2, 0.25) is 0 Å². The number of para-hydroxylation sites is 1. The number of benzene rings is 2. The van der Waals surface area contributed by atoms with Crippen molar-refractivity contribution >= 4 is 0 Å². The molecular weight excluding hydrogens is 314 g/mol. The summed E-state index contributed by atoms with van der Waals surface area (Å²) in [6.45, 7) is 7.77. The Kier molecular flexibility index (Phi) is 7.14. The number of hydrogen-bond donors (Lipinski definition) is 1. The summed E-state index contributed by atoms with van der Waals surface area (Å²) in [7, 11) is 1.70. The Morgan fingerprint density at radius 2 is 1.76 bits per heavy atom. The Bertz CT molecular complexity index is 685. The van der Waals surface area contributed by atoms with Gasteiger partial charge in [-0.2, -0.15) is 0 Å². The minimum Gasteiger partial charge on any atom is -0.496 e. The Balaban J connectivity index is 2.39. The first-order chi connectivity index (χ1) is 12.1. The number of aryl methyl sites for hydroxylation is 1. The largest absolute Gasteiger partial charge is 0.496 e. The van der Waals surface area contributed by atoms with Crippen LogP contribution in [0.15, 0.2) is 36.4 Å². The lowest BCUT2D eigenvalue weighted by atomic mass is 9.90. The molecule has 0 saturated heterocycles. The van der Waals surface area contributed by atoms with Crippen LogP contribution in [-0.4, -0.2) is 26.9 Å². The van der Waals surface area contributed by atoms with Crippen molar-refractivity contribution in [3.63, 3.8) is 0 Å². The van der Waals surface area contributed by atoms with E-state index in [1.54, 1.807) is 7.11 Å². The van der Waals surface area contributed by atoms with Crippen LogP contribution in [-0.2, 0) is 6.42 Å². The van der Waals surface area contributed by atoms with Gasteiger partial charge in [0.2, 0.25) is 0 Å². The molecule has 4 nitrogen and oxygen atoms in total. The lowest BCUT2D eigenvalue weighted by Gasteiger charge is -2.21. The zero-order valence-electron chi connectivity index (χ0n) is 15.7. The number of nitrogens with two attached hydrogens (primary N) is 1. The molecule has 0 aromatic heterocycles. The van der Waals surface area contributed by atoms with Crippen molar-refractivity contribution in [1.82, 2.24) is 0 Å². The van der Waals surface area contributed by atoms with Gasteiger partial charge in [0.05, 0.1) is 20.3 Å². The zero-order valence-corrected chi connectivity index (χ0v) is 15.7. The predicted molar refractivity (Wildman–Crippen MR) is 102 cm³/mol. The molecule has 2 aromatic carbocycles. The van der Waals surface area contributed by atoms with Crippen LogP contribution in [0, 0.1) is 6.92 Å². The minimum absolute atomic E-state index is 0.144. The number of methoxy groups -OCH3 is 1. The summed E-state index contributed by atoms with van der Waals surface area (Å²) < 4.78 is 17.2. The summed E-state index contributed by atoms with van der Waals surface area (Å²) >= 11 is 0. The van der Waals surface area contributed by atoms with Gasteiger partial charge in [-0.05, 0) is 57.0 Å². The molecule has 0 bridgehead atoms. The highest BCUT2D eigenvalue weighted by atomic mass is 16.5. The van der Waals surface area contributed by atoms with Gasteiger partial charge in [-0.3, -0.25) is 0 Å². The van der Waals surface area contributed by atoms with Crippen molar-refractivity contribution in [3.8, 4) is 17.2 Å². The van der Waals surface area contributed by atoms with Crippen LogP contribution in [0.1, 0.15) is 36.5 Å². The van der Waals surface area contributed by atoms with Gasteiger partial charge in [-0.15, -0.1) is 0 Å². The number of rotatable bonds is 9. The summed E-state index contributed by atoms with van der Waals surface area (Å²) in [5.74, 6) is 2.62. The lowest BCUT2D eigenvalue weighted by Crippen LogP contribution is -2.17. The van der Waals surface area contributed by atoms with E-state index in [1.807, 2.05) is 32.0 Å². The molecular formula is C21H29NO3. The van der Waals surface area contributed by atoms with Crippen LogP contribution in [0.4, 0.5) is 0 Å². The fourth-order valence-corrected chi connectivity index (χ4v) is 3.06. The van der Waals surface area contributed by atoms with E-state index >= 15 is 0 Å². The molecule has 0 amide bonds. The van der Waals surface area contributed by atoms with E-state index in [1.165, 1.54) is 5.56 Å². The second kappa shape index (κ2) is 9.33. The fourth-order valence-electron chi connectivity index (χ4n) is 3.06. The van der Waals surface area contributed by atoms with E-state index < -0.39 is 0 Å². The first-order valence-corrected chi connectivity index (χ1v) is 8.86. The number of ether oxygens (including phenoxy) is 3. The highest BCUT2D eigenvalue weighted by molar-refractivity contribution is 5.48. The van der Waals surface area contributed by atoms with Crippen LogP contribution in [0.3, 0.4) is 0 Å². The zero-order chi connectivity index (χ0) is 18.2. The maximum atomic E-state index is 6.12. The quantitative estimate of drug-likeness (QED) is 0.745. The molecule has 2 N–H and O–H groups in total. The maximum absolute atomic E-state index is 6.12. The lowest BCUT2D eigenvalue weighted by molar-refractivity contribution is 0.285. The molecule has 0 aliphatic heterocycles. The topological polar surface area (TPSA) is 53.7 Å². The fraction of sp³-hybridized carbons (Fsp3) is 0.429. The second-order valence-corrected chi connectivity index (χ2v) is 5.99. The normalized spacial score (nSPS) is 11.9. The van der Waals surface area contributed by atoms with Crippen molar-refractivity contribution in [2.45, 2.75) is 33.1 Å². The molecule has 0 heterocycles. The average Bonchev–Trinajstić information content (AvgIpc) is 2.62. The van der Waals surface area contributed by atoms with Gasteiger partial charge in [0.1, 0.15) is 5.75 Å². The van der Waals surface area contributed by atoms with Gasteiger partial charge >= 0.3 is 0 Å². The third-order valence-electron chi connectivity index (χ3n) is 4.22. The summed E-state index contributed by atoms with van der Waals surface area (Å²) in [4.78, 5) is 0. The Morgan fingerprint density at radius 1 is 1.00 bits per heavy atom. The first kappa shape index (κ1) is 19.1. The Hall–Kier alpha value is -2.20. The molecule has 0 fully saturated rings. The predicted octanol–water partition coefficient (Wildman–Crippen LogP) is 4.09. The van der Waals surface area contributed by atoms with Gasteiger partial charge in [0.25, 0.3) is 0 Å². The van der Waals surface area contributed by atoms with Crippen molar-refractivity contribution in [1.29, 1.82) is 0 Å². The summed E-state index contributed by atoms with van der Waals surface area (Å²) in [6.07, 6.45) is 0.770. The monoisotopic (exact) mass is 343 g/mol. The van der Waals surface area contributed by atoms with E-state index in [0.717, 1.165) is 34.8 Å². The maximum Gasteiger partial charge on any atom is 0.164 e. The second-order valence-electron chi connectivity index (χ2n) is 5.99. The molecule has 4 heteroatoms. The van der Waals surface area contributed by atoms with E-state index in [0.29, 0.717) is 19.8 Å². The van der Waals surface area contributed by atoms with E-state index in [9.17, 15) is 0 Å². The summed E-state index contributed by atoms with van der Waals surface area (Å²) in [6, 6.07) is 12.2. The number of hydrogen-bond acceptors (Lipinski definition) is 4. The molecule has 25 heavy (non-hydrogen) atoms. The van der Waals surface area contributed by atoms with Crippen LogP contribution >= 0.6 is 0 Å². The molecule has 0 aliphatic rings. The molecule has 1 unspecified atom stereocenters. The molecule has 0 spiro atoms. The summed E-state index contributed by atoms with van der Waals surface area (Å²) in [5.41, 5.74) is 9.55. The Morgan fingerprint density at radius 3 is 2.40 bits per heavy atom. The van der Waals surface area contributed by atoms with Gasteiger partial charge in [-0.1, -0.05) is 29.8 Å². The van der Waals surface area contributed by atoms with E-state index in [4.69, 9.17) is 19.9 Å². The standard InChI is InChI=1S/C21H29NO3/c1-5-24-20-9-7-8-16(21(20)25-6-2)13-17(14-22)18-12-15(3)10-11-19(18)23-4/h7-12,17H,5-6,13-14,22H2,1-4H3. The van der Waals surface area contributed by atoms with Gasteiger partial charge < -0.3 is 19.9 Å². The molecule has 0 saturated carbocycles. The van der Waals surface area contributed by atoms with Crippen LogP contribution in [0.25, 0.3) is 0 Å². The SMILES string of the molecule is CCOc1cccc(CC(CN)c2cc(C)ccc2OC)c1OCC. The average molecular weight is 343 g/mol. The molecule has 2 aromatic rings. The minimum atomic E-state index is 0.144. The molecule has 0 radical (unpaired) electrons. The molecule has 136 valence electrons. The van der Waals surface area contributed by atoms with E-state index in [2.05, 4.69) is 25.1 Å². The van der Waals surface area contributed by atoms with Gasteiger partial charge in [0, 0.05) is 5.92 Å². The molecule has 2 rings (SSSR count).